The van der Waals surface area contributed by atoms with Crippen LogP contribution in [0.3, 0.4) is 0 Å². The van der Waals surface area contributed by atoms with Gasteiger partial charge in [-0.3, -0.25) is 4.79 Å². The van der Waals surface area contributed by atoms with E-state index in [1.54, 1.807) is 12.3 Å². The normalized spacial score (nSPS) is 15.8. The van der Waals surface area contributed by atoms with E-state index >= 15 is 0 Å². The SMILES string of the molecule is CC(=O)c1c(N2CCOCC2)c2ccc(Nc3nccc(-c4ccccc4C4CC4)n3)cc2oc1=O. The number of ether oxygens (including phenoxy) is 1. The van der Waals surface area contributed by atoms with Gasteiger partial charge >= 0.3 is 5.63 Å². The fourth-order valence-electron chi connectivity index (χ4n) is 4.87. The third-order valence-corrected chi connectivity index (χ3v) is 6.73. The molecule has 0 atom stereocenters. The molecule has 1 saturated carbocycles. The van der Waals surface area contributed by atoms with Crippen LogP contribution in [0.1, 0.15) is 41.6 Å². The average molecular weight is 483 g/mol. The largest absolute Gasteiger partial charge is 0.422 e. The standard InChI is InChI=1S/C28H26N4O4/c1-17(33)25-26(32-12-14-35-15-13-32)22-9-8-19(16-24(22)36-27(25)34)30-28-29-11-10-23(31-28)21-5-3-2-4-20(21)18-6-7-18/h2-5,8-11,16,18H,6-7,12-15H2,1H3,(H,29,30,31). The lowest BCUT2D eigenvalue weighted by Gasteiger charge is -2.30. The fourth-order valence-corrected chi connectivity index (χ4v) is 4.87. The molecule has 3 heterocycles. The summed E-state index contributed by atoms with van der Waals surface area (Å²) in [5.74, 6) is 0.746. The predicted octanol–water partition coefficient (Wildman–Crippen LogP) is 4.91. The number of nitrogens with zero attached hydrogens (tertiary/aromatic N) is 3. The second kappa shape index (κ2) is 9.20. The number of nitrogens with one attached hydrogen (secondary N) is 1. The smallest absolute Gasteiger partial charge is 0.349 e. The Hall–Kier alpha value is -4.04. The number of rotatable bonds is 6. The van der Waals surface area contributed by atoms with Crippen molar-refractivity contribution in [2.75, 3.05) is 36.5 Å². The van der Waals surface area contributed by atoms with E-state index in [9.17, 15) is 9.59 Å². The molecule has 2 aliphatic rings. The molecule has 182 valence electrons. The number of morpholine rings is 1. The predicted molar refractivity (Wildman–Crippen MR) is 138 cm³/mol. The highest BCUT2D eigenvalue weighted by Gasteiger charge is 2.27. The maximum absolute atomic E-state index is 12.8. The van der Waals surface area contributed by atoms with Crippen LogP contribution in [0, 0.1) is 0 Å². The van der Waals surface area contributed by atoms with Crippen molar-refractivity contribution in [2.24, 2.45) is 0 Å². The molecule has 6 rings (SSSR count). The number of fused-ring (bicyclic) bond motifs is 1. The summed E-state index contributed by atoms with van der Waals surface area (Å²) >= 11 is 0. The summed E-state index contributed by atoms with van der Waals surface area (Å²) in [6.07, 6.45) is 4.17. The Labute approximate surface area is 207 Å². The van der Waals surface area contributed by atoms with Crippen LogP contribution in [-0.2, 0) is 4.74 Å². The van der Waals surface area contributed by atoms with Crippen LogP contribution < -0.4 is 15.8 Å². The van der Waals surface area contributed by atoms with Gasteiger partial charge in [-0.25, -0.2) is 14.8 Å². The van der Waals surface area contributed by atoms with Crippen molar-refractivity contribution in [1.82, 2.24) is 9.97 Å². The van der Waals surface area contributed by atoms with Crippen LogP contribution >= 0.6 is 0 Å². The van der Waals surface area contributed by atoms with Gasteiger partial charge in [-0.15, -0.1) is 0 Å². The lowest BCUT2D eigenvalue weighted by molar-refractivity contribution is 0.101. The zero-order chi connectivity index (χ0) is 24.6. The molecular weight excluding hydrogens is 456 g/mol. The van der Waals surface area contributed by atoms with E-state index in [4.69, 9.17) is 14.1 Å². The summed E-state index contributed by atoms with van der Waals surface area (Å²) in [4.78, 5) is 36.3. The molecule has 2 aromatic heterocycles. The van der Waals surface area contributed by atoms with E-state index in [2.05, 4.69) is 28.5 Å². The second-order valence-electron chi connectivity index (χ2n) is 9.23. The molecule has 0 unspecified atom stereocenters. The summed E-state index contributed by atoms with van der Waals surface area (Å²) < 4.78 is 11.1. The Kier molecular flexibility index (Phi) is 5.73. The van der Waals surface area contributed by atoms with Crippen molar-refractivity contribution in [3.63, 3.8) is 0 Å². The van der Waals surface area contributed by atoms with Crippen LogP contribution in [0.5, 0.6) is 0 Å². The average Bonchev–Trinajstić information content (AvgIpc) is 3.74. The number of benzene rings is 2. The molecule has 8 nitrogen and oxygen atoms in total. The van der Waals surface area contributed by atoms with Crippen molar-refractivity contribution < 1.29 is 13.9 Å². The van der Waals surface area contributed by atoms with Gasteiger partial charge in [0.2, 0.25) is 5.95 Å². The fraction of sp³-hybridized carbons (Fsp3) is 0.286. The summed E-state index contributed by atoms with van der Waals surface area (Å²) in [5.41, 5.74) is 4.45. The number of hydrogen-bond donors (Lipinski definition) is 1. The van der Waals surface area contributed by atoms with Gasteiger partial charge in [0.15, 0.2) is 5.78 Å². The Morgan fingerprint density at radius 1 is 1.08 bits per heavy atom. The third kappa shape index (κ3) is 4.24. The van der Waals surface area contributed by atoms with Gasteiger partial charge < -0.3 is 19.4 Å². The topological polar surface area (TPSA) is 97.6 Å². The summed E-state index contributed by atoms with van der Waals surface area (Å²) in [6, 6.07) is 15.8. The molecule has 0 radical (unpaired) electrons. The van der Waals surface area contributed by atoms with E-state index in [0.29, 0.717) is 60.5 Å². The van der Waals surface area contributed by atoms with E-state index < -0.39 is 5.63 Å². The molecule has 4 aromatic rings. The molecule has 36 heavy (non-hydrogen) atoms. The van der Waals surface area contributed by atoms with Gasteiger partial charge in [-0.05, 0) is 49.4 Å². The van der Waals surface area contributed by atoms with Crippen molar-refractivity contribution in [2.45, 2.75) is 25.7 Å². The number of carbonyl (C=O) groups excluding carboxylic acids is 1. The maximum Gasteiger partial charge on any atom is 0.349 e. The summed E-state index contributed by atoms with van der Waals surface area (Å²) in [6.45, 7) is 3.67. The van der Waals surface area contributed by atoms with Crippen molar-refractivity contribution >= 4 is 34.1 Å². The number of anilines is 3. The first kappa shape index (κ1) is 22.4. The molecular formula is C28H26N4O4. The first-order valence-corrected chi connectivity index (χ1v) is 12.2. The van der Waals surface area contributed by atoms with Gasteiger partial charge in [0.1, 0.15) is 11.1 Å². The Morgan fingerprint density at radius 2 is 1.89 bits per heavy atom. The van der Waals surface area contributed by atoms with Gasteiger partial charge in [0.25, 0.3) is 0 Å². The minimum atomic E-state index is -0.636. The molecule has 0 spiro atoms. The molecule has 2 aromatic carbocycles. The van der Waals surface area contributed by atoms with Gasteiger partial charge in [-0.2, -0.15) is 0 Å². The number of Topliss-reactive ketones (excluding diaryl/α,β-unsaturated/α-hetero) is 1. The van der Waals surface area contributed by atoms with Crippen molar-refractivity contribution in [1.29, 1.82) is 0 Å². The van der Waals surface area contributed by atoms with E-state index in [1.165, 1.54) is 25.3 Å². The summed E-state index contributed by atoms with van der Waals surface area (Å²) in [7, 11) is 0. The minimum absolute atomic E-state index is 0.0791. The first-order valence-electron chi connectivity index (χ1n) is 12.2. The quantitative estimate of drug-likeness (QED) is 0.306. The number of aromatic nitrogens is 2. The molecule has 1 N–H and O–H groups in total. The molecule has 1 aliphatic heterocycles. The Bertz CT molecular complexity index is 1520. The Morgan fingerprint density at radius 3 is 2.67 bits per heavy atom. The highest BCUT2D eigenvalue weighted by atomic mass is 16.5. The molecule has 2 fully saturated rings. The number of hydrogen-bond acceptors (Lipinski definition) is 8. The third-order valence-electron chi connectivity index (χ3n) is 6.73. The zero-order valence-corrected chi connectivity index (χ0v) is 20.0. The van der Waals surface area contributed by atoms with Crippen LogP contribution in [0.4, 0.5) is 17.3 Å². The number of carbonyl (C=O) groups is 1. The Balaban J connectivity index is 1.36. The summed E-state index contributed by atoms with van der Waals surface area (Å²) in [5, 5.41) is 3.95. The van der Waals surface area contributed by atoms with E-state index in [-0.39, 0.29) is 11.3 Å². The van der Waals surface area contributed by atoms with Crippen LogP contribution in [0.15, 0.2) is 63.9 Å². The van der Waals surface area contributed by atoms with Gasteiger partial charge in [-0.1, -0.05) is 24.3 Å². The molecule has 8 heteroatoms. The molecule has 1 aliphatic carbocycles. The second-order valence-corrected chi connectivity index (χ2v) is 9.23. The lowest BCUT2D eigenvalue weighted by atomic mass is 10.0. The van der Waals surface area contributed by atoms with Gasteiger partial charge in [0, 0.05) is 42.0 Å². The highest BCUT2D eigenvalue weighted by Crippen LogP contribution is 2.44. The van der Waals surface area contributed by atoms with Crippen molar-refractivity contribution in [3.05, 3.63) is 76.3 Å². The van der Waals surface area contributed by atoms with Crippen LogP contribution in [-0.4, -0.2) is 42.1 Å². The zero-order valence-electron chi connectivity index (χ0n) is 20.0. The van der Waals surface area contributed by atoms with Crippen LogP contribution in [0.25, 0.3) is 22.2 Å². The maximum atomic E-state index is 12.8. The van der Waals surface area contributed by atoms with Crippen molar-refractivity contribution in [3.8, 4) is 11.3 Å². The highest BCUT2D eigenvalue weighted by molar-refractivity contribution is 6.07. The van der Waals surface area contributed by atoms with Gasteiger partial charge in [0.05, 0.1) is 24.6 Å². The van der Waals surface area contributed by atoms with E-state index in [0.717, 1.165) is 11.3 Å². The lowest BCUT2D eigenvalue weighted by Crippen LogP contribution is -2.38. The molecule has 0 amide bonds. The van der Waals surface area contributed by atoms with E-state index in [1.807, 2.05) is 29.2 Å². The van der Waals surface area contributed by atoms with Crippen LogP contribution in [0.2, 0.25) is 0 Å². The molecule has 0 bridgehead atoms. The molecule has 1 saturated heterocycles. The minimum Gasteiger partial charge on any atom is -0.422 e. The number of ketones is 1. The first-order chi connectivity index (χ1) is 17.6. The monoisotopic (exact) mass is 482 g/mol.